The molecule has 3 aromatic rings. The minimum Gasteiger partial charge on any atom is -0.487 e. The highest BCUT2D eigenvalue weighted by Gasteiger charge is 2.14. The Balaban J connectivity index is 1.81. The second-order valence-electron chi connectivity index (χ2n) is 7.09. The Morgan fingerprint density at radius 2 is 1.73 bits per heavy atom. The first-order valence-corrected chi connectivity index (χ1v) is 10.6. The highest BCUT2D eigenvalue weighted by molar-refractivity contribution is 7.86. The van der Waals surface area contributed by atoms with E-state index in [1.807, 2.05) is 39.0 Å². The van der Waals surface area contributed by atoms with E-state index in [1.165, 1.54) is 7.11 Å². The summed E-state index contributed by atoms with van der Waals surface area (Å²) in [7, 11) is -0.191. The molecule has 7 heteroatoms. The molecule has 1 N–H and O–H groups in total. The zero-order valence-electron chi connectivity index (χ0n) is 17.7. The number of anilines is 1. The maximum atomic E-state index is 12.6. The first-order valence-electron chi connectivity index (χ1n) is 9.45. The molecule has 0 saturated heterocycles. The summed E-state index contributed by atoms with van der Waals surface area (Å²) in [6, 6.07) is 12.6. The third-order valence-corrected chi connectivity index (χ3v) is 5.83. The van der Waals surface area contributed by atoms with Gasteiger partial charge in [0.2, 0.25) is 5.09 Å². The average molecular weight is 428 g/mol. The summed E-state index contributed by atoms with van der Waals surface area (Å²) >= 11 is 0. The lowest BCUT2D eigenvalue weighted by Gasteiger charge is -2.16. The Labute approximate surface area is 178 Å². The molecule has 0 fully saturated rings. The molecule has 1 atom stereocenters. The predicted octanol–water partition coefficient (Wildman–Crippen LogP) is 5.01. The van der Waals surface area contributed by atoms with Crippen molar-refractivity contribution in [1.29, 1.82) is 0 Å². The third kappa shape index (κ3) is 4.91. The first kappa shape index (κ1) is 21.6. The van der Waals surface area contributed by atoms with Gasteiger partial charge in [0.25, 0.3) is 0 Å². The topological polar surface area (TPSA) is 77.8 Å². The van der Waals surface area contributed by atoms with Crippen molar-refractivity contribution < 1.29 is 22.9 Å². The Kier molecular flexibility index (Phi) is 6.62. The van der Waals surface area contributed by atoms with E-state index in [1.54, 1.807) is 31.2 Å². The smallest absolute Gasteiger partial charge is 0.337 e. The molecule has 0 amide bonds. The lowest BCUT2D eigenvalue weighted by atomic mass is 10.1. The van der Waals surface area contributed by atoms with Gasteiger partial charge >= 0.3 is 5.97 Å². The molecule has 3 rings (SSSR count). The van der Waals surface area contributed by atoms with Crippen LogP contribution in [0.25, 0.3) is 0 Å². The van der Waals surface area contributed by atoms with E-state index >= 15 is 0 Å². The van der Waals surface area contributed by atoms with Gasteiger partial charge in [-0.3, -0.25) is 4.72 Å². The number of hydrogen-bond acceptors (Lipinski definition) is 5. The van der Waals surface area contributed by atoms with Gasteiger partial charge in [-0.15, -0.1) is 0 Å². The van der Waals surface area contributed by atoms with E-state index in [4.69, 9.17) is 13.9 Å². The van der Waals surface area contributed by atoms with E-state index in [9.17, 15) is 9.00 Å². The summed E-state index contributed by atoms with van der Waals surface area (Å²) < 4.78 is 31.9. The normalized spacial score (nSPS) is 11.8. The second kappa shape index (κ2) is 9.17. The van der Waals surface area contributed by atoms with Crippen LogP contribution >= 0.6 is 0 Å². The van der Waals surface area contributed by atoms with Gasteiger partial charge < -0.3 is 13.9 Å². The maximum absolute atomic E-state index is 12.6. The number of carbonyl (C=O) groups excluding carboxylic acids is 1. The van der Waals surface area contributed by atoms with Crippen molar-refractivity contribution in [1.82, 2.24) is 0 Å². The molecule has 2 aromatic carbocycles. The van der Waals surface area contributed by atoms with Gasteiger partial charge in [0, 0.05) is 0 Å². The molecule has 0 aliphatic rings. The summed E-state index contributed by atoms with van der Waals surface area (Å²) in [5, 5.41) is 0.353. The summed E-state index contributed by atoms with van der Waals surface area (Å²) in [5.74, 6) is 0.913. The van der Waals surface area contributed by atoms with E-state index in [-0.39, 0.29) is 5.97 Å². The molecule has 0 saturated carbocycles. The zero-order valence-corrected chi connectivity index (χ0v) is 18.5. The molecule has 0 aliphatic heterocycles. The molecule has 6 nitrogen and oxygen atoms in total. The average Bonchev–Trinajstić information content (AvgIpc) is 3.16. The summed E-state index contributed by atoms with van der Waals surface area (Å²) in [5.41, 5.74) is 5.09. The minimum atomic E-state index is -1.55. The lowest BCUT2D eigenvalue weighted by Crippen LogP contribution is -2.08. The quantitative estimate of drug-likeness (QED) is 0.536. The van der Waals surface area contributed by atoms with Crippen LogP contribution in [0.4, 0.5) is 5.69 Å². The van der Waals surface area contributed by atoms with Crippen LogP contribution in [0.3, 0.4) is 0 Å². The molecule has 30 heavy (non-hydrogen) atoms. The molecule has 1 unspecified atom stereocenters. The van der Waals surface area contributed by atoms with Crippen LogP contribution in [0, 0.1) is 27.7 Å². The van der Waals surface area contributed by atoms with Gasteiger partial charge in [-0.2, -0.15) is 0 Å². The summed E-state index contributed by atoms with van der Waals surface area (Å²) in [4.78, 5) is 11.7. The van der Waals surface area contributed by atoms with Crippen LogP contribution in [0.5, 0.6) is 5.75 Å². The molecule has 158 valence electrons. The Bertz CT molecular complexity index is 1100. The van der Waals surface area contributed by atoms with Gasteiger partial charge in [-0.05, 0) is 86.3 Å². The third-order valence-electron chi connectivity index (χ3n) is 4.84. The highest BCUT2D eigenvalue weighted by Crippen LogP contribution is 2.31. The Morgan fingerprint density at radius 3 is 2.37 bits per heavy atom. The fraction of sp³-hybridized carbons (Fsp3) is 0.261. The van der Waals surface area contributed by atoms with E-state index in [0.717, 1.165) is 22.3 Å². The number of methoxy groups -OCH3 is 1. The molecular formula is C23H25NO5S. The van der Waals surface area contributed by atoms with E-state index in [0.29, 0.717) is 34.5 Å². The maximum Gasteiger partial charge on any atom is 0.337 e. The largest absolute Gasteiger partial charge is 0.487 e. The molecule has 1 aromatic heterocycles. The molecule has 0 radical (unpaired) electrons. The summed E-state index contributed by atoms with van der Waals surface area (Å²) in [6.45, 7) is 8.00. The van der Waals surface area contributed by atoms with Crippen LogP contribution in [-0.4, -0.2) is 17.3 Å². The van der Waals surface area contributed by atoms with Crippen LogP contribution < -0.4 is 9.46 Å². The van der Waals surface area contributed by atoms with Gasteiger partial charge in [0.05, 0.1) is 18.4 Å². The van der Waals surface area contributed by atoms with Crippen molar-refractivity contribution in [3.8, 4) is 5.75 Å². The van der Waals surface area contributed by atoms with Gasteiger partial charge in [-0.25, -0.2) is 9.00 Å². The standard InChI is InChI=1S/C23H25NO5S/c1-14-11-20(24-30(26)22-9-6-17(4)29-22)21(12-15(14)2)28-13-19-8-7-18(10-16(19)3)23(25)27-5/h6-12,24H,13H2,1-5H3. The number of hydrogen-bond donors (Lipinski definition) is 1. The number of esters is 1. The number of benzene rings is 2. The number of aryl methyl sites for hydroxylation is 4. The first-order chi connectivity index (χ1) is 14.3. The predicted molar refractivity (Wildman–Crippen MR) is 116 cm³/mol. The lowest BCUT2D eigenvalue weighted by molar-refractivity contribution is 0.0600. The van der Waals surface area contributed by atoms with Crippen molar-refractivity contribution >= 4 is 22.6 Å². The molecule has 0 bridgehead atoms. The van der Waals surface area contributed by atoms with Crippen molar-refractivity contribution in [3.05, 3.63) is 76.0 Å². The van der Waals surface area contributed by atoms with E-state index in [2.05, 4.69) is 4.72 Å². The second-order valence-corrected chi connectivity index (χ2v) is 8.23. The van der Waals surface area contributed by atoms with Crippen molar-refractivity contribution in [2.75, 3.05) is 11.8 Å². The van der Waals surface area contributed by atoms with Crippen LogP contribution in [0.2, 0.25) is 0 Å². The minimum absolute atomic E-state index is 0.303. The van der Waals surface area contributed by atoms with Crippen LogP contribution in [-0.2, 0) is 22.3 Å². The fourth-order valence-electron chi connectivity index (χ4n) is 2.91. The Hall–Kier alpha value is -3.06. The van der Waals surface area contributed by atoms with E-state index < -0.39 is 11.0 Å². The molecule has 0 aliphatic carbocycles. The monoisotopic (exact) mass is 427 g/mol. The number of ether oxygens (including phenoxy) is 2. The SMILES string of the molecule is COC(=O)c1ccc(COc2cc(C)c(C)cc2NS(=O)c2ccc(C)o2)c(C)c1. The van der Waals surface area contributed by atoms with Crippen LogP contribution in [0.1, 0.15) is 38.4 Å². The van der Waals surface area contributed by atoms with Gasteiger partial charge in [0.1, 0.15) is 18.1 Å². The molecule has 0 spiro atoms. The van der Waals surface area contributed by atoms with Crippen molar-refractivity contribution in [2.45, 2.75) is 39.4 Å². The number of carbonyl (C=O) groups is 1. The number of rotatable bonds is 7. The zero-order chi connectivity index (χ0) is 21.8. The van der Waals surface area contributed by atoms with Crippen LogP contribution in [0.15, 0.2) is 52.0 Å². The summed E-state index contributed by atoms with van der Waals surface area (Å²) in [6.07, 6.45) is 0. The number of nitrogens with one attached hydrogen (secondary N) is 1. The van der Waals surface area contributed by atoms with Gasteiger partial charge in [0.15, 0.2) is 11.0 Å². The molecular weight excluding hydrogens is 402 g/mol. The fourth-order valence-corrected chi connectivity index (χ4v) is 3.77. The molecule has 1 heterocycles. The van der Waals surface area contributed by atoms with Crippen molar-refractivity contribution in [3.63, 3.8) is 0 Å². The van der Waals surface area contributed by atoms with Crippen molar-refractivity contribution in [2.24, 2.45) is 0 Å². The number of furan rings is 1. The van der Waals surface area contributed by atoms with Gasteiger partial charge in [-0.1, -0.05) is 6.07 Å². The highest BCUT2D eigenvalue weighted by atomic mass is 32.2. The Morgan fingerprint density at radius 1 is 1.00 bits per heavy atom.